The molecule has 5 nitrogen and oxygen atoms in total. The van der Waals surface area contributed by atoms with Crippen molar-refractivity contribution in [2.45, 2.75) is 39.7 Å². The zero-order valence-electron chi connectivity index (χ0n) is 14.3. The van der Waals surface area contributed by atoms with Crippen LogP contribution >= 0.6 is 0 Å². The Bertz CT molecular complexity index is 854. The number of hydrogen-bond donors (Lipinski definition) is 1. The Kier molecular flexibility index (Phi) is 4.60. The van der Waals surface area contributed by atoms with Crippen molar-refractivity contribution in [3.63, 3.8) is 0 Å². The van der Waals surface area contributed by atoms with Gasteiger partial charge in [-0.2, -0.15) is 5.10 Å². The first-order valence-corrected chi connectivity index (χ1v) is 8.21. The number of carbonyl (C=O) groups excluding carboxylic acids is 1. The monoisotopic (exact) mass is 322 g/mol. The second-order valence-corrected chi connectivity index (χ2v) is 6.21. The average molecular weight is 322 g/mol. The summed E-state index contributed by atoms with van der Waals surface area (Å²) in [6.07, 6.45) is 3.47. The predicted octanol–water partition coefficient (Wildman–Crippen LogP) is 3.10. The highest BCUT2D eigenvalue weighted by Gasteiger charge is 2.15. The molecule has 1 aromatic carbocycles. The molecule has 2 aromatic heterocycles. The van der Waals surface area contributed by atoms with E-state index in [1.807, 2.05) is 45.0 Å². The molecule has 0 aliphatic heterocycles. The molecule has 1 N–H and O–H groups in total. The molecule has 0 radical (unpaired) electrons. The van der Waals surface area contributed by atoms with E-state index < -0.39 is 0 Å². The molecule has 0 spiro atoms. The van der Waals surface area contributed by atoms with Crippen molar-refractivity contribution in [3.8, 4) is 0 Å². The standard InChI is InChI=1S/C19H22N4O/c1-13(9-10-16-7-5-4-6-8-16)21-19(24)17-12-20-18-11-14(2)22-23(18)15(17)3/h4-8,11-13H,9-10H2,1-3H3,(H,21,24). The van der Waals surface area contributed by atoms with Crippen LogP contribution < -0.4 is 5.32 Å². The summed E-state index contributed by atoms with van der Waals surface area (Å²) in [5.41, 5.74) is 4.31. The third kappa shape index (κ3) is 3.45. The molecule has 1 atom stereocenters. The smallest absolute Gasteiger partial charge is 0.254 e. The van der Waals surface area contributed by atoms with Gasteiger partial charge in [0.05, 0.1) is 17.0 Å². The van der Waals surface area contributed by atoms with E-state index in [0.717, 1.165) is 29.9 Å². The highest BCUT2D eigenvalue weighted by atomic mass is 16.1. The Labute approximate surface area is 141 Å². The van der Waals surface area contributed by atoms with Gasteiger partial charge in [0.25, 0.3) is 5.91 Å². The maximum absolute atomic E-state index is 12.5. The van der Waals surface area contributed by atoms with Gasteiger partial charge < -0.3 is 5.32 Å². The molecule has 1 amide bonds. The van der Waals surface area contributed by atoms with Crippen molar-refractivity contribution in [1.29, 1.82) is 0 Å². The van der Waals surface area contributed by atoms with Crippen LogP contribution in [0.5, 0.6) is 0 Å². The van der Waals surface area contributed by atoms with Gasteiger partial charge in [-0.1, -0.05) is 30.3 Å². The number of fused-ring (bicyclic) bond motifs is 1. The summed E-state index contributed by atoms with van der Waals surface area (Å²) < 4.78 is 1.72. The molecule has 0 saturated heterocycles. The molecule has 0 fully saturated rings. The van der Waals surface area contributed by atoms with E-state index in [1.54, 1.807) is 10.7 Å². The number of nitrogens with one attached hydrogen (secondary N) is 1. The molecule has 124 valence electrons. The molecular formula is C19H22N4O. The number of aryl methyl sites for hydroxylation is 3. The highest BCUT2D eigenvalue weighted by Crippen LogP contribution is 2.12. The van der Waals surface area contributed by atoms with E-state index >= 15 is 0 Å². The van der Waals surface area contributed by atoms with Crippen molar-refractivity contribution < 1.29 is 4.79 Å². The summed E-state index contributed by atoms with van der Waals surface area (Å²) in [4.78, 5) is 16.9. The molecule has 2 heterocycles. The summed E-state index contributed by atoms with van der Waals surface area (Å²) >= 11 is 0. The number of carbonyl (C=O) groups is 1. The van der Waals surface area contributed by atoms with E-state index in [9.17, 15) is 4.79 Å². The lowest BCUT2D eigenvalue weighted by molar-refractivity contribution is 0.0936. The van der Waals surface area contributed by atoms with Crippen molar-refractivity contribution in [3.05, 3.63) is 65.1 Å². The van der Waals surface area contributed by atoms with Crippen molar-refractivity contribution in [2.75, 3.05) is 0 Å². The molecule has 0 aliphatic carbocycles. The SMILES string of the molecule is Cc1cc2ncc(C(=O)NC(C)CCc3ccccc3)c(C)n2n1. The van der Waals surface area contributed by atoms with Crippen molar-refractivity contribution in [1.82, 2.24) is 19.9 Å². The molecule has 0 saturated carbocycles. The molecule has 0 aliphatic rings. The van der Waals surface area contributed by atoms with Gasteiger partial charge in [-0.15, -0.1) is 0 Å². The van der Waals surface area contributed by atoms with E-state index in [4.69, 9.17) is 0 Å². The number of benzene rings is 1. The van der Waals surface area contributed by atoms with Crippen LogP contribution in [0.2, 0.25) is 0 Å². The molecule has 5 heteroatoms. The lowest BCUT2D eigenvalue weighted by Crippen LogP contribution is -2.33. The zero-order valence-corrected chi connectivity index (χ0v) is 14.3. The Morgan fingerprint density at radius 2 is 2.00 bits per heavy atom. The van der Waals surface area contributed by atoms with Crippen molar-refractivity contribution >= 4 is 11.6 Å². The van der Waals surface area contributed by atoms with E-state index in [-0.39, 0.29) is 11.9 Å². The maximum Gasteiger partial charge on any atom is 0.254 e. The first-order chi connectivity index (χ1) is 11.5. The fourth-order valence-corrected chi connectivity index (χ4v) is 2.79. The molecular weight excluding hydrogens is 300 g/mol. The van der Waals surface area contributed by atoms with Crippen LogP contribution in [0.25, 0.3) is 5.65 Å². The normalized spacial score (nSPS) is 12.3. The van der Waals surface area contributed by atoms with Crippen LogP contribution in [0.3, 0.4) is 0 Å². The topological polar surface area (TPSA) is 59.3 Å². The second-order valence-electron chi connectivity index (χ2n) is 6.21. The summed E-state index contributed by atoms with van der Waals surface area (Å²) in [7, 11) is 0. The van der Waals surface area contributed by atoms with E-state index in [0.29, 0.717) is 5.56 Å². The van der Waals surface area contributed by atoms with Crippen LogP contribution in [0.15, 0.2) is 42.6 Å². The molecule has 1 unspecified atom stereocenters. The van der Waals surface area contributed by atoms with Crippen LogP contribution in [0.4, 0.5) is 0 Å². The third-order valence-electron chi connectivity index (χ3n) is 4.18. The minimum atomic E-state index is -0.101. The predicted molar refractivity (Wildman–Crippen MR) is 94.2 cm³/mol. The third-order valence-corrected chi connectivity index (χ3v) is 4.18. The number of nitrogens with zero attached hydrogens (tertiary/aromatic N) is 3. The van der Waals surface area contributed by atoms with E-state index in [2.05, 4.69) is 27.5 Å². The van der Waals surface area contributed by atoms with Gasteiger partial charge in [0.15, 0.2) is 5.65 Å². The van der Waals surface area contributed by atoms with Crippen molar-refractivity contribution in [2.24, 2.45) is 0 Å². The summed E-state index contributed by atoms with van der Waals surface area (Å²) in [5.74, 6) is -0.101. The lowest BCUT2D eigenvalue weighted by Gasteiger charge is -2.15. The van der Waals surface area contributed by atoms with Gasteiger partial charge in [-0.25, -0.2) is 9.50 Å². The number of aromatic nitrogens is 3. The van der Waals surface area contributed by atoms with Gasteiger partial charge in [-0.05, 0) is 39.2 Å². The molecule has 24 heavy (non-hydrogen) atoms. The zero-order chi connectivity index (χ0) is 17.1. The summed E-state index contributed by atoms with van der Waals surface area (Å²) in [6.45, 7) is 5.84. The van der Waals surface area contributed by atoms with Crippen LogP contribution in [0.1, 0.15) is 40.7 Å². The molecule has 0 bridgehead atoms. The summed E-state index contributed by atoms with van der Waals surface area (Å²) in [6, 6.07) is 12.3. The lowest BCUT2D eigenvalue weighted by atomic mass is 10.1. The highest BCUT2D eigenvalue weighted by molar-refractivity contribution is 5.95. The molecule has 3 rings (SSSR count). The number of amides is 1. The summed E-state index contributed by atoms with van der Waals surface area (Å²) in [5, 5.41) is 7.44. The quantitative estimate of drug-likeness (QED) is 0.785. The van der Waals surface area contributed by atoms with Crippen LogP contribution in [-0.4, -0.2) is 26.5 Å². The van der Waals surface area contributed by atoms with Gasteiger partial charge >= 0.3 is 0 Å². The van der Waals surface area contributed by atoms with Gasteiger partial charge in [0.1, 0.15) is 0 Å². The largest absolute Gasteiger partial charge is 0.349 e. The van der Waals surface area contributed by atoms with E-state index in [1.165, 1.54) is 5.56 Å². The Balaban J connectivity index is 1.67. The Morgan fingerprint density at radius 1 is 1.25 bits per heavy atom. The number of rotatable bonds is 5. The Hall–Kier alpha value is -2.69. The maximum atomic E-state index is 12.5. The fourth-order valence-electron chi connectivity index (χ4n) is 2.79. The van der Waals surface area contributed by atoms with Gasteiger partial charge in [0, 0.05) is 18.3 Å². The van der Waals surface area contributed by atoms with Gasteiger partial charge in [-0.3, -0.25) is 4.79 Å². The van der Waals surface area contributed by atoms with Gasteiger partial charge in [0.2, 0.25) is 0 Å². The first kappa shape index (κ1) is 16.2. The minimum Gasteiger partial charge on any atom is -0.349 e. The minimum absolute atomic E-state index is 0.0900. The van der Waals surface area contributed by atoms with Crippen LogP contribution in [0, 0.1) is 13.8 Å². The average Bonchev–Trinajstić information content (AvgIpc) is 2.95. The van der Waals surface area contributed by atoms with Crippen LogP contribution in [-0.2, 0) is 6.42 Å². The first-order valence-electron chi connectivity index (χ1n) is 8.21. The second kappa shape index (κ2) is 6.83. The molecule has 3 aromatic rings. The number of hydrogen-bond acceptors (Lipinski definition) is 3. The Morgan fingerprint density at radius 3 is 2.75 bits per heavy atom. The fraction of sp³-hybridized carbons (Fsp3) is 0.316.